The second-order valence-corrected chi connectivity index (χ2v) is 20.8. The highest BCUT2D eigenvalue weighted by Gasteiger charge is 2.25. The number of thioether (sulfide) groups is 1. The molecular formula is C43H60Cl4FN6O10PS2. The lowest BCUT2D eigenvalue weighted by Crippen LogP contribution is -2.43. The third-order valence-electron chi connectivity index (χ3n) is 9.23. The zero-order valence-corrected chi connectivity index (χ0v) is 43.9. The van der Waals surface area contributed by atoms with Crippen LogP contribution in [0.4, 0.5) is 15.8 Å². The maximum Gasteiger partial charge on any atom is 0.325 e. The van der Waals surface area contributed by atoms with Gasteiger partial charge in [-0.25, -0.2) is 14.1 Å². The molecule has 0 fully saturated rings. The lowest BCUT2D eigenvalue weighted by molar-refractivity contribution is -0.139. The summed E-state index contributed by atoms with van der Waals surface area (Å²) in [5.41, 5.74) is 8.39. The Balaban J connectivity index is 0.000000475. The largest absolute Gasteiger partial charge is 0.480 e. The summed E-state index contributed by atoms with van der Waals surface area (Å²) in [6.45, 7) is 16.9. The van der Waals surface area contributed by atoms with E-state index in [-0.39, 0.29) is 57.7 Å². The quantitative estimate of drug-likeness (QED) is 0.0347. The predicted octanol–water partition coefficient (Wildman–Crippen LogP) is 7.64. The Morgan fingerprint density at radius 2 is 1.73 bits per heavy atom. The van der Waals surface area contributed by atoms with E-state index in [1.54, 1.807) is 33.5 Å². The Bertz CT molecular complexity index is 2300. The van der Waals surface area contributed by atoms with Crippen LogP contribution in [0.25, 0.3) is 0 Å². The topological polar surface area (TPSA) is 216 Å². The number of carboxylic acid groups (broad SMARTS) is 1. The number of amides is 2. The fraction of sp³-hybridized carbons (Fsp3) is 0.488. The van der Waals surface area contributed by atoms with E-state index in [1.165, 1.54) is 24.7 Å². The average molecular weight is 1080 g/mol. The molecule has 2 amide bonds. The van der Waals surface area contributed by atoms with Crippen molar-refractivity contribution in [2.75, 3.05) is 63.3 Å². The summed E-state index contributed by atoms with van der Waals surface area (Å²) >= 11 is 24.7. The minimum Gasteiger partial charge on any atom is -0.480 e. The zero-order valence-electron chi connectivity index (χ0n) is 38.3. The molecule has 0 radical (unpaired) electrons. The number of methoxy groups -OCH3 is 2. The van der Waals surface area contributed by atoms with Crippen molar-refractivity contribution < 1.29 is 47.6 Å². The van der Waals surface area contributed by atoms with E-state index < -0.39 is 36.0 Å². The number of anilines is 1. The van der Waals surface area contributed by atoms with Gasteiger partial charge in [-0.05, 0) is 74.1 Å². The molecule has 374 valence electrons. The van der Waals surface area contributed by atoms with E-state index in [9.17, 15) is 32.9 Å². The van der Waals surface area contributed by atoms with Gasteiger partial charge < -0.3 is 35.0 Å². The van der Waals surface area contributed by atoms with Crippen molar-refractivity contribution in [3.8, 4) is 0 Å². The number of nitrogens with zero attached hydrogens (tertiary/aromatic N) is 5. The molecule has 1 aromatic heterocycles. The summed E-state index contributed by atoms with van der Waals surface area (Å²) < 4.78 is 38.1. The fourth-order valence-corrected chi connectivity index (χ4v) is 9.11. The molecule has 67 heavy (non-hydrogen) atoms. The van der Waals surface area contributed by atoms with E-state index >= 15 is 0 Å². The van der Waals surface area contributed by atoms with Crippen molar-refractivity contribution in [3.63, 3.8) is 0 Å². The molecule has 2 heterocycles. The van der Waals surface area contributed by atoms with Crippen molar-refractivity contribution in [2.45, 2.75) is 81.4 Å². The molecule has 4 rings (SSSR count). The number of hydrogen-bond acceptors (Lipinski definition) is 12. The second kappa shape index (κ2) is 31.6. The van der Waals surface area contributed by atoms with Gasteiger partial charge in [-0.3, -0.25) is 33.2 Å². The zero-order chi connectivity index (χ0) is 51.0. The number of ether oxygens (including phenoxy) is 2. The standard InChI is InChI=1S/C15H15ClFN3O3S2.C15H22ClNO2.C8H11Cl2NO.C5H12NO4P/c1-23-13(21)8-24-12-7-11(10(17)6-9(12)16)18-14-19-4-2-3-5-20(19)15(22)25-14;1-5-13-8-6-7-11(2)15(13)17(14(18)9-16)12(3)10-19-4;1-3-5-11(6-4-2)8(12)7(9)10;1-11(9,10)3-2-4(6)5(7)8/h6-7H,2-5,8H2,1H3;6-8,12H,5,9-10H2,1-4H3;3-4,7H,1-2,5-6H2;4H,2-3,6H2,1H3,(H,7,8)(H,9,10). The molecule has 0 saturated carbocycles. The first-order chi connectivity index (χ1) is 31.5. The highest BCUT2D eigenvalue weighted by molar-refractivity contribution is 8.00. The number of carbonyl (C=O) groups is 4. The average Bonchev–Trinajstić information content (AvgIpc) is 3.60. The number of esters is 1. The first kappa shape index (κ1) is 61.5. The van der Waals surface area contributed by atoms with Crippen LogP contribution < -0.4 is 20.3 Å². The van der Waals surface area contributed by atoms with Crippen molar-refractivity contribution >= 4 is 112 Å². The van der Waals surface area contributed by atoms with Gasteiger partial charge in [0.05, 0.1) is 36.2 Å². The summed E-state index contributed by atoms with van der Waals surface area (Å²) in [6, 6.07) is 7.66. The molecule has 4 N–H and O–H groups in total. The van der Waals surface area contributed by atoms with Gasteiger partial charge >= 0.3 is 16.8 Å². The molecule has 3 aromatic rings. The first-order valence-corrected chi connectivity index (χ1v) is 26.5. The molecule has 0 spiro atoms. The number of halogens is 5. The molecular weight excluding hydrogens is 1020 g/mol. The highest BCUT2D eigenvalue weighted by Crippen LogP contribution is 2.36. The minimum atomic E-state index is -3.10. The number of nitrogens with two attached hydrogens (primary N) is 1. The number of aromatic nitrogens is 2. The fourth-order valence-electron chi connectivity index (χ4n) is 5.96. The number of benzene rings is 2. The Labute approximate surface area is 418 Å². The van der Waals surface area contributed by atoms with Gasteiger partial charge in [0.1, 0.15) is 23.4 Å². The summed E-state index contributed by atoms with van der Waals surface area (Å²) in [4.78, 5) is 73.0. The van der Waals surface area contributed by atoms with Crippen LogP contribution in [-0.4, -0.2) is 123 Å². The number of rotatable bonds is 19. The summed E-state index contributed by atoms with van der Waals surface area (Å²) in [6.07, 6.45) is 5.99. The van der Waals surface area contributed by atoms with Gasteiger partial charge in [-0.15, -0.1) is 36.5 Å². The molecule has 1 aliphatic rings. The molecule has 1 aliphatic heterocycles. The number of fused-ring (bicyclic) bond motifs is 1. The van der Waals surface area contributed by atoms with E-state index in [0.717, 1.165) is 65.2 Å². The number of carboxylic acids is 1. The number of aliphatic carboxylic acids is 1. The highest BCUT2D eigenvalue weighted by atomic mass is 35.5. The molecule has 0 saturated heterocycles. The maximum absolute atomic E-state index is 14.3. The van der Waals surface area contributed by atoms with Crippen molar-refractivity contribution in [3.05, 3.63) is 92.1 Å². The van der Waals surface area contributed by atoms with Gasteiger partial charge in [0.25, 0.3) is 5.91 Å². The van der Waals surface area contributed by atoms with Crippen molar-refractivity contribution in [1.82, 2.24) is 14.3 Å². The predicted molar refractivity (Wildman–Crippen MR) is 269 cm³/mol. The van der Waals surface area contributed by atoms with Crippen LogP contribution in [0, 0.1) is 12.7 Å². The number of hydrogen-bond donors (Lipinski definition) is 3. The van der Waals surface area contributed by atoms with E-state index in [2.05, 4.69) is 35.9 Å². The van der Waals surface area contributed by atoms with Crippen LogP contribution in [0.1, 0.15) is 44.2 Å². The van der Waals surface area contributed by atoms with Crippen molar-refractivity contribution in [1.29, 1.82) is 0 Å². The van der Waals surface area contributed by atoms with E-state index in [1.807, 2.05) is 26.0 Å². The lowest BCUT2D eigenvalue weighted by Gasteiger charge is -2.31. The molecule has 24 heteroatoms. The van der Waals surface area contributed by atoms with Crippen LogP contribution in [0.3, 0.4) is 0 Å². The second-order valence-electron chi connectivity index (χ2n) is 14.6. The third kappa shape index (κ3) is 21.4. The van der Waals surface area contributed by atoms with Gasteiger partial charge in [-0.2, -0.15) is 0 Å². The van der Waals surface area contributed by atoms with Crippen LogP contribution in [0.2, 0.25) is 5.02 Å². The number of para-hydroxylation sites is 1. The van der Waals surface area contributed by atoms with E-state index in [0.29, 0.717) is 42.5 Å². The molecule has 3 atom stereocenters. The Morgan fingerprint density at radius 1 is 1.12 bits per heavy atom. The van der Waals surface area contributed by atoms with Crippen LogP contribution in [0.5, 0.6) is 0 Å². The lowest BCUT2D eigenvalue weighted by atomic mass is 10.0. The first-order valence-electron chi connectivity index (χ1n) is 20.6. The molecule has 3 unspecified atom stereocenters. The maximum atomic E-state index is 14.3. The SMILES string of the molecule is C=CCN(CC=C)C(=O)C(Cl)Cl.CCc1cccc(C)c1N(C(=O)CCl)C(C)COC.COC(=O)CSc1cc(N=c2sc(=O)n3n2CCCC3)c(F)cc1Cl.CP(=O)(O)CCC(N)C(=O)O. The summed E-state index contributed by atoms with van der Waals surface area (Å²) in [5, 5.41) is 8.48. The number of alkyl halides is 3. The Morgan fingerprint density at radius 3 is 2.24 bits per heavy atom. The molecule has 2 aromatic carbocycles. The molecule has 0 bridgehead atoms. The van der Waals surface area contributed by atoms with Gasteiger partial charge in [-0.1, -0.05) is 72.1 Å². The minimum absolute atomic E-state index is 0.0223. The smallest absolute Gasteiger partial charge is 0.325 e. The summed E-state index contributed by atoms with van der Waals surface area (Å²) in [5.74, 6) is -2.49. The van der Waals surface area contributed by atoms with Crippen molar-refractivity contribution in [2.24, 2.45) is 10.7 Å². The van der Waals surface area contributed by atoms with Gasteiger partial charge in [0.15, 0.2) is 12.2 Å². The van der Waals surface area contributed by atoms with Gasteiger partial charge in [0.2, 0.25) is 10.7 Å². The summed E-state index contributed by atoms with van der Waals surface area (Å²) in [7, 11) is -0.168. The third-order valence-corrected chi connectivity index (χ3v) is 13.2. The van der Waals surface area contributed by atoms with Gasteiger partial charge in [0, 0.05) is 51.0 Å². The normalized spacial score (nSPS) is 13.7. The Hall–Kier alpha value is -3.49. The number of carbonyl (C=O) groups excluding carboxylic acids is 3. The van der Waals surface area contributed by atoms with Crippen LogP contribution in [-0.2, 0) is 52.7 Å². The monoisotopic (exact) mass is 1070 g/mol. The molecule has 16 nitrogen and oxygen atoms in total. The van der Waals surface area contributed by atoms with Crippen LogP contribution in [0.15, 0.2) is 70.3 Å². The molecule has 0 aliphatic carbocycles. The van der Waals surface area contributed by atoms with E-state index in [4.69, 9.17) is 66.9 Å². The van der Waals surface area contributed by atoms with Crippen LogP contribution >= 0.6 is 76.9 Å². The number of aryl methyl sites for hydroxylation is 2. The Kier molecular flexibility index (Phi) is 29.0.